The second-order valence-corrected chi connectivity index (χ2v) is 8.25. The lowest BCUT2D eigenvalue weighted by Gasteiger charge is -2.27. The lowest BCUT2D eigenvalue weighted by atomic mass is 9.95. The summed E-state index contributed by atoms with van der Waals surface area (Å²) in [6, 6.07) is 6.19. The molecule has 3 amide bonds. The third-order valence-electron chi connectivity index (χ3n) is 6.00. The van der Waals surface area contributed by atoms with Crippen molar-refractivity contribution in [2.45, 2.75) is 63.1 Å². The van der Waals surface area contributed by atoms with Gasteiger partial charge in [-0.25, -0.2) is 9.18 Å². The van der Waals surface area contributed by atoms with Crippen LogP contribution in [0.1, 0.15) is 50.5 Å². The zero-order valence-corrected chi connectivity index (χ0v) is 16.5. The summed E-state index contributed by atoms with van der Waals surface area (Å²) in [4.78, 5) is 32.4. The molecule has 1 aromatic carbocycles. The van der Waals surface area contributed by atoms with Gasteiger partial charge in [-0.2, -0.15) is 0 Å². The Kier molecular flexibility index (Phi) is 5.69. The monoisotopic (exact) mass is 402 g/mol. The molecule has 156 valence electrons. The third kappa shape index (κ3) is 4.68. The summed E-state index contributed by atoms with van der Waals surface area (Å²) in [5.41, 5.74) is 0.536. The third-order valence-corrected chi connectivity index (χ3v) is 6.00. The molecule has 1 aromatic rings. The smallest absolute Gasteiger partial charge is 0.317 e. The number of halogens is 1. The molecular formula is C21H27FN4O3. The Labute approximate surface area is 169 Å². The fraction of sp³-hybridized carbons (Fsp3) is 0.571. The fourth-order valence-corrected chi connectivity index (χ4v) is 4.28. The number of hydrogen-bond acceptors (Lipinski definition) is 4. The van der Waals surface area contributed by atoms with E-state index in [1.54, 1.807) is 17.0 Å². The maximum atomic E-state index is 13.0. The molecule has 2 fully saturated rings. The Balaban J connectivity index is 1.25. The van der Waals surface area contributed by atoms with E-state index in [-0.39, 0.29) is 23.8 Å². The van der Waals surface area contributed by atoms with Crippen molar-refractivity contribution in [3.8, 4) is 0 Å². The fourth-order valence-electron chi connectivity index (χ4n) is 4.28. The molecule has 1 atom stereocenters. The summed E-state index contributed by atoms with van der Waals surface area (Å²) >= 11 is 0. The molecule has 0 bridgehead atoms. The first kappa shape index (κ1) is 19.7. The summed E-state index contributed by atoms with van der Waals surface area (Å²) in [6.45, 7) is 1.32. The minimum absolute atomic E-state index is 0.0495. The van der Waals surface area contributed by atoms with Crippen molar-refractivity contribution in [2.24, 2.45) is 5.16 Å². The highest BCUT2D eigenvalue weighted by Crippen LogP contribution is 2.34. The molecule has 1 saturated heterocycles. The van der Waals surface area contributed by atoms with Gasteiger partial charge in [-0.15, -0.1) is 0 Å². The first-order valence-corrected chi connectivity index (χ1v) is 10.4. The Morgan fingerprint density at radius 2 is 1.97 bits per heavy atom. The van der Waals surface area contributed by atoms with Crippen molar-refractivity contribution in [3.63, 3.8) is 0 Å². The van der Waals surface area contributed by atoms with E-state index in [4.69, 9.17) is 4.84 Å². The average molecular weight is 402 g/mol. The van der Waals surface area contributed by atoms with Crippen LogP contribution in [-0.4, -0.2) is 47.3 Å². The number of amides is 3. The van der Waals surface area contributed by atoms with Gasteiger partial charge in [0.25, 0.3) is 5.91 Å². The minimum atomic E-state index is -0.605. The first-order chi connectivity index (χ1) is 14.0. The van der Waals surface area contributed by atoms with Crippen molar-refractivity contribution >= 4 is 17.6 Å². The molecule has 8 heteroatoms. The number of carbonyl (C=O) groups is 2. The van der Waals surface area contributed by atoms with Crippen LogP contribution in [-0.2, 0) is 16.2 Å². The normalized spacial score (nSPS) is 24.3. The molecule has 2 heterocycles. The predicted molar refractivity (Wildman–Crippen MR) is 106 cm³/mol. The Bertz CT molecular complexity index is 792. The highest BCUT2D eigenvalue weighted by molar-refractivity contribution is 6.39. The highest BCUT2D eigenvalue weighted by atomic mass is 19.1. The summed E-state index contributed by atoms with van der Waals surface area (Å²) in [7, 11) is 0. The van der Waals surface area contributed by atoms with Gasteiger partial charge in [0, 0.05) is 32.0 Å². The van der Waals surface area contributed by atoms with E-state index >= 15 is 0 Å². The lowest BCUT2D eigenvalue weighted by Crippen LogP contribution is -2.46. The molecular weight excluding hydrogens is 375 g/mol. The summed E-state index contributed by atoms with van der Waals surface area (Å²) in [6.07, 6.45) is 6.71. The van der Waals surface area contributed by atoms with Gasteiger partial charge in [0.15, 0.2) is 5.60 Å². The van der Waals surface area contributed by atoms with E-state index in [0.29, 0.717) is 38.2 Å². The molecule has 4 rings (SSSR count). The molecule has 1 spiro atoms. The lowest BCUT2D eigenvalue weighted by molar-refractivity contribution is -0.115. The zero-order chi connectivity index (χ0) is 20.3. The van der Waals surface area contributed by atoms with Crippen LogP contribution in [0.4, 0.5) is 9.18 Å². The number of rotatable bonds is 4. The van der Waals surface area contributed by atoms with Gasteiger partial charge >= 0.3 is 6.03 Å². The molecule has 3 aliphatic rings. The van der Waals surface area contributed by atoms with Crippen LogP contribution < -0.4 is 10.6 Å². The first-order valence-electron chi connectivity index (χ1n) is 10.4. The largest absolute Gasteiger partial charge is 0.386 e. The summed E-state index contributed by atoms with van der Waals surface area (Å²) in [5, 5.41) is 9.91. The van der Waals surface area contributed by atoms with Gasteiger partial charge in [-0.3, -0.25) is 4.79 Å². The van der Waals surface area contributed by atoms with Crippen LogP contribution >= 0.6 is 0 Å². The van der Waals surface area contributed by atoms with Gasteiger partial charge in [0.2, 0.25) is 0 Å². The van der Waals surface area contributed by atoms with Crippen molar-refractivity contribution < 1.29 is 18.8 Å². The molecule has 0 radical (unpaired) electrons. The van der Waals surface area contributed by atoms with E-state index in [2.05, 4.69) is 15.8 Å². The van der Waals surface area contributed by atoms with Gasteiger partial charge in [0.1, 0.15) is 11.5 Å². The molecule has 7 nitrogen and oxygen atoms in total. The second kappa shape index (κ2) is 8.39. The average Bonchev–Trinajstić information content (AvgIpc) is 3.35. The van der Waals surface area contributed by atoms with Crippen LogP contribution in [0, 0.1) is 5.82 Å². The van der Waals surface area contributed by atoms with Crippen LogP contribution in [0.15, 0.2) is 29.4 Å². The van der Waals surface area contributed by atoms with Crippen molar-refractivity contribution in [1.82, 2.24) is 15.5 Å². The maximum Gasteiger partial charge on any atom is 0.317 e. The van der Waals surface area contributed by atoms with Crippen LogP contribution in [0.3, 0.4) is 0 Å². The van der Waals surface area contributed by atoms with E-state index < -0.39 is 5.60 Å². The molecule has 1 saturated carbocycles. The zero-order valence-electron chi connectivity index (χ0n) is 16.5. The van der Waals surface area contributed by atoms with E-state index in [1.807, 2.05) is 0 Å². The van der Waals surface area contributed by atoms with Crippen molar-refractivity contribution in [1.29, 1.82) is 0 Å². The van der Waals surface area contributed by atoms with Crippen molar-refractivity contribution in [2.75, 3.05) is 13.1 Å². The Morgan fingerprint density at radius 1 is 1.21 bits per heavy atom. The number of hydrogen-bond donors (Lipinski definition) is 2. The van der Waals surface area contributed by atoms with E-state index in [0.717, 1.165) is 18.4 Å². The van der Waals surface area contributed by atoms with Gasteiger partial charge in [-0.1, -0.05) is 36.6 Å². The predicted octanol–water partition coefficient (Wildman–Crippen LogP) is 2.71. The number of likely N-dealkylation sites (tertiary alicyclic amines) is 1. The number of benzene rings is 1. The molecule has 1 aliphatic carbocycles. The molecule has 0 aromatic heterocycles. The maximum absolute atomic E-state index is 13.0. The molecule has 1 unspecified atom stereocenters. The summed E-state index contributed by atoms with van der Waals surface area (Å²) in [5.74, 6) is -0.606. The second-order valence-electron chi connectivity index (χ2n) is 8.25. The Hall–Kier alpha value is -2.64. The number of carbonyl (C=O) groups excluding carboxylic acids is 2. The number of urea groups is 1. The van der Waals surface area contributed by atoms with E-state index in [9.17, 15) is 14.0 Å². The topological polar surface area (TPSA) is 83.0 Å². The molecule has 2 N–H and O–H groups in total. The van der Waals surface area contributed by atoms with Gasteiger partial charge < -0.3 is 20.4 Å². The number of nitrogens with zero attached hydrogens (tertiary/aromatic N) is 2. The summed E-state index contributed by atoms with van der Waals surface area (Å²) < 4.78 is 13.0. The van der Waals surface area contributed by atoms with Crippen LogP contribution in [0.5, 0.6) is 0 Å². The minimum Gasteiger partial charge on any atom is -0.386 e. The standard InChI is InChI=1S/C21H27FN4O3/c22-16-8-6-15(7-9-16)13-23-19(27)18-12-21(29-25-18)10-11-26(14-21)20(28)24-17-4-2-1-3-5-17/h6-9,17H,1-5,10-14H2,(H,23,27)(H,24,28). The van der Waals surface area contributed by atoms with Gasteiger partial charge in [0.05, 0.1) is 6.54 Å². The number of nitrogens with one attached hydrogen (secondary N) is 2. The SMILES string of the molecule is O=C(NCc1ccc(F)cc1)C1=NOC2(CCN(C(=O)NC3CCCCC3)C2)C1. The van der Waals surface area contributed by atoms with Gasteiger partial charge in [-0.05, 0) is 30.5 Å². The molecule has 29 heavy (non-hydrogen) atoms. The highest BCUT2D eigenvalue weighted by Gasteiger charge is 2.48. The van der Waals surface area contributed by atoms with Crippen molar-refractivity contribution in [3.05, 3.63) is 35.6 Å². The van der Waals surface area contributed by atoms with Crippen LogP contribution in [0.2, 0.25) is 0 Å². The molecule has 2 aliphatic heterocycles. The van der Waals surface area contributed by atoms with Crippen LogP contribution in [0.25, 0.3) is 0 Å². The Morgan fingerprint density at radius 3 is 2.72 bits per heavy atom. The van der Waals surface area contributed by atoms with E-state index in [1.165, 1.54) is 31.4 Å². The number of oxime groups is 1. The quantitative estimate of drug-likeness (QED) is 0.812.